The molecule has 8 nitrogen and oxygen atoms in total. The Morgan fingerprint density at radius 2 is 2.05 bits per heavy atom. The molecule has 0 unspecified atom stereocenters. The molecule has 1 aromatic heterocycles. The van der Waals surface area contributed by atoms with Crippen molar-refractivity contribution in [3.8, 4) is 11.1 Å². The third-order valence-corrected chi connectivity index (χ3v) is 3.87. The minimum Gasteiger partial charge on any atom is -0.384 e. The van der Waals surface area contributed by atoms with Crippen molar-refractivity contribution in [1.29, 1.82) is 10.8 Å². The molecule has 22 heavy (non-hydrogen) atoms. The van der Waals surface area contributed by atoms with Gasteiger partial charge in [0.1, 0.15) is 5.84 Å². The number of aromatic nitrogens is 2. The maximum absolute atomic E-state index is 11.7. The number of nitrogens with two attached hydrogens (primary N) is 2. The lowest BCUT2D eigenvalue weighted by atomic mass is 9.99. The molecule has 0 radical (unpaired) electrons. The fourth-order valence-electron chi connectivity index (χ4n) is 2.05. The van der Waals surface area contributed by atoms with Crippen molar-refractivity contribution in [2.24, 2.45) is 10.9 Å². The van der Waals surface area contributed by atoms with Crippen LogP contribution in [-0.2, 0) is 10.0 Å². The second-order valence-corrected chi connectivity index (χ2v) is 5.89. The summed E-state index contributed by atoms with van der Waals surface area (Å²) in [5.41, 5.74) is 7.09. The molecule has 0 aliphatic rings. The number of hydrogen-bond donors (Lipinski definition) is 5. The summed E-state index contributed by atoms with van der Waals surface area (Å²) in [6.07, 6.45) is 5.66. The van der Waals surface area contributed by atoms with E-state index >= 15 is 0 Å². The third kappa shape index (κ3) is 2.95. The van der Waals surface area contributed by atoms with Gasteiger partial charge in [0.25, 0.3) is 0 Å². The monoisotopic (exact) mass is 318 g/mol. The number of amidine groups is 1. The number of hydrogen-bond acceptors (Lipinski definition) is 5. The van der Waals surface area contributed by atoms with Crippen LogP contribution in [0, 0.1) is 10.8 Å². The summed E-state index contributed by atoms with van der Waals surface area (Å²) >= 11 is 0. The van der Waals surface area contributed by atoms with E-state index in [1.807, 2.05) is 0 Å². The summed E-state index contributed by atoms with van der Waals surface area (Å²) in [7, 11) is -4.03. The lowest BCUT2D eigenvalue weighted by Crippen LogP contribution is -2.21. The maximum atomic E-state index is 11.7. The molecular formula is C13H14N6O2S. The van der Waals surface area contributed by atoms with Crippen LogP contribution in [0.1, 0.15) is 11.3 Å². The molecule has 0 bridgehead atoms. The van der Waals surface area contributed by atoms with Crippen molar-refractivity contribution >= 4 is 28.1 Å². The highest BCUT2D eigenvalue weighted by Crippen LogP contribution is 2.30. The first-order valence-corrected chi connectivity index (χ1v) is 7.62. The Balaban J connectivity index is 2.77. The van der Waals surface area contributed by atoms with E-state index in [0.29, 0.717) is 16.8 Å². The van der Waals surface area contributed by atoms with Crippen LogP contribution in [0.2, 0.25) is 0 Å². The average Bonchev–Trinajstić information content (AvgIpc) is 2.91. The van der Waals surface area contributed by atoms with E-state index in [0.717, 1.165) is 6.21 Å². The van der Waals surface area contributed by atoms with Crippen LogP contribution in [-0.4, -0.2) is 30.7 Å². The SMILES string of the molecule is N=C/C=C\c1[nH]ncc1-c1cccc(S(N)(=O)=O)c1C(=N)N. The molecule has 2 rings (SSSR count). The normalized spacial score (nSPS) is 11.7. The fraction of sp³-hybridized carbons (Fsp3) is 0. The molecule has 0 fully saturated rings. The third-order valence-electron chi connectivity index (χ3n) is 2.92. The van der Waals surface area contributed by atoms with E-state index in [1.165, 1.54) is 24.4 Å². The topological polar surface area (TPSA) is 163 Å². The van der Waals surface area contributed by atoms with Gasteiger partial charge in [0.05, 0.1) is 16.8 Å². The molecule has 2 aromatic rings. The van der Waals surface area contributed by atoms with Gasteiger partial charge in [0, 0.05) is 17.3 Å². The summed E-state index contributed by atoms with van der Waals surface area (Å²) in [5, 5.41) is 26.5. The van der Waals surface area contributed by atoms with Gasteiger partial charge in [0.15, 0.2) is 0 Å². The van der Waals surface area contributed by atoms with Crippen molar-refractivity contribution in [3.63, 3.8) is 0 Å². The van der Waals surface area contributed by atoms with E-state index in [-0.39, 0.29) is 10.5 Å². The van der Waals surface area contributed by atoms with Gasteiger partial charge >= 0.3 is 0 Å². The number of rotatable bonds is 5. The number of nitrogens with zero attached hydrogens (tertiary/aromatic N) is 1. The van der Waals surface area contributed by atoms with Gasteiger partial charge in [0.2, 0.25) is 10.0 Å². The molecule has 0 saturated carbocycles. The second kappa shape index (κ2) is 5.92. The Hall–Kier alpha value is -2.78. The smallest absolute Gasteiger partial charge is 0.238 e. The number of sulfonamides is 1. The van der Waals surface area contributed by atoms with Crippen molar-refractivity contribution in [1.82, 2.24) is 10.2 Å². The van der Waals surface area contributed by atoms with Gasteiger partial charge in [-0.05, 0) is 23.8 Å². The lowest BCUT2D eigenvalue weighted by molar-refractivity contribution is 0.597. The maximum Gasteiger partial charge on any atom is 0.238 e. The second-order valence-electron chi connectivity index (χ2n) is 4.36. The summed E-state index contributed by atoms with van der Waals surface area (Å²) < 4.78 is 23.4. The van der Waals surface area contributed by atoms with Crippen LogP contribution < -0.4 is 10.9 Å². The Bertz CT molecular complexity index is 866. The van der Waals surface area contributed by atoms with E-state index < -0.39 is 15.9 Å². The minimum atomic E-state index is -4.03. The van der Waals surface area contributed by atoms with E-state index in [9.17, 15) is 8.42 Å². The molecule has 1 heterocycles. The number of H-pyrrole nitrogens is 1. The zero-order chi connectivity index (χ0) is 16.3. The van der Waals surface area contributed by atoms with Crippen molar-refractivity contribution < 1.29 is 8.42 Å². The summed E-state index contributed by atoms with van der Waals surface area (Å²) in [4.78, 5) is -0.222. The van der Waals surface area contributed by atoms with Gasteiger partial charge in [-0.3, -0.25) is 10.5 Å². The van der Waals surface area contributed by atoms with Crippen LogP contribution >= 0.6 is 0 Å². The lowest BCUT2D eigenvalue weighted by Gasteiger charge is -2.12. The fourth-order valence-corrected chi connectivity index (χ4v) is 2.83. The number of allylic oxidation sites excluding steroid dienone is 1. The van der Waals surface area contributed by atoms with Crippen LogP contribution in [0.4, 0.5) is 0 Å². The molecule has 9 heteroatoms. The average molecular weight is 318 g/mol. The molecule has 0 atom stereocenters. The van der Waals surface area contributed by atoms with Crippen LogP contribution in [0.5, 0.6) is 0 Å². The highest BCUT2D eigenvalue weighted by atomic mass is 32.2. The molecular weight excluding hydrogens is 304 g/mol. The summed E-state index contributed by atoms with van der Waals surface area (Å²) in [5.74, 6) is -0.414. The minimum absolute atomic E-state index is 0.0240. The highest BCUT2D eigenvalue weighted by molar-refractivity contribution is 7.89. The van der Waals surface area contributed by atoms with Crippen molar-refractivity contribution in [2.75, 3.05) is 0 Å². The molecule has 0 spiro atoms. The van der Waals surface area contributed by atoms with Gasteiger partial charge in [-0.2, -0.15) is 5.10 Å². The zero-order valence-corrected chi connectivity index (χ0v) is 12.2. The number of aromatic amines is 1. The molecule has 0 amide bonds. The number of primary sulfonamides is 1. The molecule has 1 aromatic carbocycles. The number of nitrogens with one attached hydrogen (secondary N) is 3. The molecule has 0 saturated heterocycles. The van der Waals surface area contributed by atoms with E-state index in [1.54, 1.807) is 12.1 Å². The van der Waals surface area contributed by atoms with Crippen LogP contribution in [0.3, 0.4) is 0 Å². The zero-order valence-electron chi connectivity index (χ0n) is 11.4. The molecule has 114 valence electrons. The first kappa shape index (κ1) is 15.6. The molecule has 0 aliphatic heterocycles. The Morgan fingerprint density at radius 1 is 1.32 bits per heavy atom. The predicted molar refractivity (Wildman–Crippen MR) is 84.2 cm³/mol. The standard InChI is InChI=1S/C13H14N6O2S/c14-6-2-4-10-9(7-18-19-10)8-3-1-5-11(22(17,20)21)12(8)13(15)16/h1-7,14H,(H3,15,16)(H,18,19)(H2,17,20,21)/b4-2-,14-6?. The van der Waals surface area contributed by atoms with Crippen molar-refractivity contribution in [3.05, 3.63) is 41.7 Å². The van der Waals surface area contributed by atoms with E-state index in [2.05, 4.69) is 10.2 Å². The van der Waals surface area contributed by atoms with Gasteiger partial charge in [-0.25, -0.2) is 13.6 Å². The number of nitrogen functional groups attached to an aromatic ring is 1. The molecule has 0 aliphatic carbocycles. The Kier molecular flexibility index (Phi) is 4.20. The summed E-state index contributed by atoms with van der Waals surface area (Å²) in [6.45, 7) is 0. The number of benzene rings is 1. The Morgan fingerprint density at radius 3 is 2.64 bits per heavy atom. The van der Waals surface area contributed by atoms with Gasteiger partial charge < -0.3 is 11.1 Å². The highest BCUT2D eigenvalue weighted by Gasteiger charge is 2.21. The van der Waals surface area contributed by atoms with Crippen LogP contribution in [0.25, 0.3) is 17.2 Å². The Labute approximate surface area is 126 Å². The first-order chi connectivity index (χ1) is 10.4. The first-order valence-electron chi connectivity index (χ1n) is 6.07. The van der Waals surface area contributed by atoms with Crippen molar-refractivity contribution in [2.45, 2.75) is 4.90 Å². The quantitative estimate of drug-likeness (QED) is 0.404. The molecule has 7 N–H and O–H groups in total. The largest absolute Gasteiger partial charge is 0.384 e. The van der Waals surface area contributed by atoms with Gasteiger partial charge in [-0.1, -0.05) is 12.1 Å². The van der Waals surface area contributed by atoms with Crippen LogP contribution in [0.15, 0.2) is 35.4 Å². The van der Waals surface area contributed by atoms with E-state index in [4.69, 9.17) is 21.7 Å². The summed E-state index contributed by atoms with van der Waals surface area (Å²) in [6, 6.07) is 4.43. The predicted octanol–water partition coefficient (Wildman–Crippen LogP) is 0.671. The van der Waals surface area contributed by atoms with Gasteiger partial charge in [-0.15, -0.1) is 0 Å².